The van der Waals surface area contributed by atoms with Gasteiger partial charge in [0.2, 0.25) is 0 Å². The quantitative estimate of drug-likeness (QED) is 0.806. The first kappa shape index (κ1) is 11.1. The van der Waals surface area contributed by atoms with Gasteiger partial charge in [-0.25, -0.2) is 14.1 Å². The lowest BCUT2D eigenvalue weighted by molar-refractivity contribution is 0.598. The Bertz CT molecular complexity index is 508. The van der Waals surface area contributed by atoms with Gasteiger partial charge < -0.3 is 0 Å². The number of rotatable bonds is 2. The zero-order valence-electron chi connectivity index (χ0n) is 8.98. The molecule has 0 fully saturated rings. The molecule has 2 rings (SSSR count). The normalized spacial score (nSPS) is 11.1. The molecule has 0 radical (unpaired) electrons. The molecule has 0 N–H and O–H groups in total. The second-order valence-corrected chi connectivity index (χ2v) is 4.24. The highest BCUT2D eigenvalue weighted by atomic mass is 35.5. The standard InChI is InChI=1S/C11H11ClFN3/c1-7(2)10-3-4-16(15-10)11-9(13)5-8(12)6-14-11/h3-7H,1-2H3. The summed E-state index contributed by atoms with van der Waals surface area (Å²) in [5, 5.41) is 4.52. The van der Waals surface area contributed by atoms with Crippen LogP contribution in [0.3, 0.4) is 0 Å². The summed E-state index contributed by atoms with van der Waals surface area (Å²) in [7, 11) is 0. The van der Waals surface area contributed by atoms with Crippen LogP contribution < -0.4 is 0 Å². The summed E-state index contributed by atoms with van der Waals surface area (Å²) >= 11 is 5.63. The maximum absolute atomic E-state index is 13.5. The fourth-order valence-corrected chi connectivity index (χ4v) is 1.48. The van der Waals surface area contributed by atoms with Crippen LogP contribution >= 0.6 is 11.6 Å². The van der Waals surface area contributed by atoms with Crippen molar-refractivity contribution < 1.29 is 4.39 Å². The lowest BCUT2D eigenvalue weighted by Gasteiger charge is -2.02. The van der Waals surface area contributed by atoms with Crippen LogP contribution in [0.2, 0.25) is 5.02 Å². The van der Waals surface area contributed by atoms with E-state index in [4.69, 9.17) is 11.6 Å². The van der Waals surface area contributed by atoms with Gasteiger partial charge in [-0.1, -0.05) is 25.4 Å². The fraction of sp³-hybridized carbons (Fsp3) is 0.273. The second-order valence-electron chi connectivity index (χ2n) is 3.80. The summed E-state index contributed by atoms with van der Waals surface area (Å²) in [4.78, 5) is 3.91. The molecule has 0 aromatic carbocycles. The van der Waals surface area contributed by atoms with Gasteiger partial charge in [-0.2, -0.15) is 5.10 Å². The smallest absolute Gasteiger partial charge is 0.189 e. The average molecular weight is 240 g/mol. The second kappa shape index (κ2) is 4.22. The number of hydrogen-bond acceptors (Lipinski definition) is 2. The van der Waals surface area contributed by atoms with Gasteiger partial charge in [0.25, 0.3) is 0 Å². The first-order valence-electron chi connectivity index (χ1n) is 4.95. The summed E-state index contributed by atoms with van der Waals surface area (Å²) in [5.74, 6) is -0.0150. The lowest BCUT2D eigenvalue weighted by Crippen LogP contribution is -2.02. The summed E-state index contributed by atoms with van der Waals surface area (Å²) in [6.45, 7) is 4.05. The molecule has 0 saturated carbocycles. The fourth-order valence-electron chi connectivity index (χ4n) is 1.34. The Labute approximate surface area is 97.9 Å². The predicted octanol–water partition coefficient (Wildman–Crippen LogP) is 3.18. The molecule has 0 amide bonds. The minimum absolute atomic E-state index is 0.163. The van der Waals surface area contributed by atoms with E-state index in [1.807, 2.05) is 19.9 Å². The Morgan fingerprint density at radius 3 is 2.75 bits per heavy atom. The molecular weight excluding hydrogens is 229 g/mol. The molecule has 84 valence electrons. The average Bonchev–Trinajstić information content (AvgIpc) is 2.66. The van der Waals surface area contributed by atoms with E-state index in [9.17, 15) is 4.39 Å². The number of nitrogens with zero attached hydrogens (tertiary/aromatic N) is 3. The van der Waals surface area contributed by atoms with E-state index in [1.54, 1.807) is 6.20 Å². The first-order chi connectivity index (χ1) is 7.58. The predicted molar refractivity (Wildman–Crippen MR) is 60.4 cm³/mol. The van der Waals surface area contributed by atoms with Crippen LogP contribution in [0, 0.1) is 5.82 Å². The largest absolute Gasteiger partial charge is 0.233 e. The van der Waals surface area contributed by atoms with E-state index >= 15 is 0 Å². The van der Waals surface area contributed by atoms with Gasteiger partial charge in [-0.15, -0.1) is 0 Å². The van der Waals surface area contributed by atoms with Gasteiger partial charge in [0.1, 0.15) is 0 Å². The molecule has 0 aliphatic heterocycles. The minimum atomic E-state index is -0.481. The van der Waals surface area contributed by atoms with E-state index in [0.717, 1.165) is 5.69 Å². The summed E-state index contributed by atoms with van der Waals surface area (Å²) in [5.41, 5.74) is 0.899. The Hall–Kier alpha value is -1.42. The Kier molecular flexibility index (Phi) is 2.92. The summed E-state index contributed by atoms with van der Waals surface area (Å²) < 4.78 is 15.0. The third-order valence-corrected chi connectivity index (χ3v) is 2.41. The molecule has 0 bridgehead atoms. The minimum Gasteiger partial charge on any atom is -0.233 e. The van der Waals surface area contributed by atoms with Gasteiger partial charge in [-0.3, -0.25) is 0 Å². The molecule has 5 heteroatoms. The molecular formula is C11H11ClFN3. The molecule has 0 unspecified atom stereocenters. The molecule has 0 saturated heterocycles. The number of aromatic nitrogens is 3. The zero-order chi connectivity index (χ0) is 11.7. The van der Waals surface area contributed by atoms with Crippen molar-refractivity contribution in [3.63, 3.8) is 0 Å². The number of halogens is 2. The van der Waals surface area contributed by atoms with Crippen molar-refractivity contribution in [1.82, 2.24) is 14.8 Å². The maximum Gasteiger partial charge on any atom is 0.189 e. The topological polar surface area (TPSA) is 30.7 Å². The molecule has 0 aliphatic carbocycles. The molecule has 3 nitrogen and oxygen atoms in total. The van der Waals surface area contributed by atoms with Crippen molar-refractivity contribution in [3.05, 3.63) is 41.1 Å². The van der Waals surface area contributed by atoms with Gasteiger partial charge in [0.15, 0.2) is 11.6 Å². The molecule has 16 heavy (non-hydrogen) atoms. The number of hydrogen-bond donors (Lipinski definition) is 0. The van der Waals surface area contributed by atoms with Crippen molar-refractivity contribution >= 4 is 11.6 Å². The Morgan fingerprint density at radius 1 is 1.44 bits per heavy atom. The van der Waals surface area contributed by atoms with Gasteiger partial charge in [-0.05, 0) is 18.1 Å². The van der Waals surface area contributed by atoms with Crippen LogP contribution in [0.25, 0.3) is 5.82 Å². The summed E-state index contributed by atoms with van der Waals surface area (Å²) in [6, 6.07) is 3.07. The van der Waals surface area contributed by atoms with Crippen molar-refractivity contribution in [2.75, 3.05) is 0 Å². The van der Waals surface area contributed by atoms with E-state index in [1.165, 1.54) is 16.9 Å². The van der Waals surface area contributed by atoms with Crippen LogP contribution in [0.1, 0.15) is 25.5 Å². The first-order valence-corrected chi connectivity index (χ1v) is 5.32. The molecule has 2 heterocycles. The van der Waals surface area contributed by atoms with Crippen molar-refractivity contribution in [1.29, 1.82) is 0 Å². The van der Waals surface area contributed by atoms with E-state index in [-0.39, 0.29) is 10.8 Å². The van der Waals surface area contributed by atoms with Crippen molar-refractivity contribution in [2.45, 2.75) is 19.8 Å². The van der Waals surface area contributed by atoms with Crippen LogP contribution in [-0.4, -0.2) is 14.8 Å². The van der Waals surface area contributed by atoms with Crippen LogP contribution in [-0.2, 0) is 0 Å². The van der Waals surface area contributed by atoms with Crippen molar-refractivity contribution in [3.8, 4) is 5.82 Å². The monoisotopic (exact) mass is 239 g/mol. The van der Waals surface area contributed by atoms with E-state index in [0.29, 0.717) is 5.92 Å². The molecule has 2 aromatic heterocycles. The van der Waals surface area contributed by atoms with Gasteiger partial charge in [0, 0.05) is 12.4 Å². The van der Waals surface area contributed by atoms with Crippen LogP contribution in [0.15, 0.2) is 24.5 Å². The lowest BCUT2D eigenvalue weighted by atomic mass is 10.1. The van der Waals surface area contributed by atoms with Crippen LogP contribution in [0.5, 0.6) is 0 Å². The summed E-state index contributed by atoms with van der Waals surface area (Å²) in [6.07, 6.45) is 3.09. The third-order valence-electron chi connectivity index (χ3n) is 2.21. The Balaban J connectivity index is 2.42. The maximum atomic E-state index is 13.5. The number of pyridine rings is 1. The molecule has 0 spiro atoms. The van der Waals surface area contributed by atoms with E-state index < -0.39 is 5.82 Å². The molecule has 0 aliphatic rings. The van der Waals surface area contributed by atoms with Gasteiger partial charge in [0.05, 0.1) is 10.7 Å². The third kappa shape index (κ3) is 2.07. The van der Waals surface area contributed by atoms with Gasteiger partial charge >= 0.3 is 0 Å². The highest BCUT2D eigenvalue weighted by molar-refractivity contribution is 6.30. The highest BCUT2D eigenvalue weighted by Crippen LogP contribution is 2.17. The highest BCUT2D eigenvalue weighted by Gasteiger charge is 2.10. The Morgan fingerprint density at radius 2 is 2.19 bits per heavy atom. The van der Waals surface area contributed by atoms with Crippen molar-refractivity contribution in [2.24, 2.45) is 0 Å². The SMILES string of the molecule is CC(C)c1ccn(-c2ncc(Cl)cc2F)n1. The molecule has 0 atom stereocenters. The van der Waals surface area contributed by atoms with E-state index in [2.05, 4.69) is 10.1 Å². The molecule has 2 aromatic rings. The van der Waals surface area contributed by atoms with Crippen LogP contribution in [0.4, 0.5) is 4.39 Å². The zero-order valence-corrected chi connectivity index (χ0v) is 9.74.